The first-order chi connectivity index (χ1) is 9.06. The first-order valence-corrected chi connectivity index (χ1v) is 6.58. The molecule has 0 aliphatic rings. The third-order valence-corrected chi connectivity index (χ3v) is 3.33. The number of aromatic nitrogens is 1. The van der Waals surface area contributed by atoms with Crippen LogP contribution in [-0.4, -0.2) is 17.4 Å². The van der Waals surface area contributed by atoms with Crippen molar-refractivity contribution in [2.45, 2.75) is 13.3 Å². The molecular weight excluding hydrogens is 270 g/mol. The van der Waals surface area contributed by atoms with Gasteiger partial charge >= 0.3 is 0 Å². The molecule has 0 fully saturated rings. The van der Waals surface area contributed by atoms with Gasteiger partial charge in [0, 0.05) is 18.3 Å². The zero-order valence-electron chi connectivity index (χ0n) is 10.2. The third kappa shape index (κ3) is 3.57. The number of amides is 1. The van der Waals surface area contributed by atoms with Crippen molar-refractivity contribution in [2.24, 2.45) is 0 Å². The summed E-state index contributed by atoms with van der Waals surface area (Å²) >= 11 is 1.53. The topological polar surface area (TPSA) is 42.0 Å². The third-order valence-electron chi connectivity index (χ3n) is 2.51. The van der Waals surface area contributed by atoms with E-state index in [0.29, 0.717) is 13.0 Å². The molecular formula is C13H12F2N2OS. The van der Waals surface area contributed by atoms with Crippen LogP contribution in [0.5, 0.6) is 0 Å². The lowest BCUT2D eigenvalue weighted by Crippen LogP contribution is -2.26. The predicted octanol–water partition coefficient (Wildman–Crippen LogP) is 2.70. The van der Waals surface area contributed by atoms with Crippen LogP contribution < -0.4 is 5.32 Å². The summed E-state index contributed by atoms with van der Waals surface area (Å²) in [4.78, 5) is 15.9. The first kappa shape index (κ1) is 13.6. The average molecular weight is 282 g/mol. The Bertz CT molecular complexity index is 598. The van der Waals surface area contributed by atoms with Crippen molar-refractivity contribution < 1.29 is 13.6 Å². The Kier molecular flexibility index (Phi) is 4.21. The largest absolute Gasteiger partial charge is 0.352 e. The van der Waals surface area contributed by atoms with E-state index in [1.54, 1.807) is 0 Å². The molecule has 100 valence electrons. The molecule has 1 amide bonds. The molecule has 0 aliphatic heterocycles. The summed E-state index contributed by atoms with van der Waals surface area (Å²) in [6.07, 6.45) is 0.563. The van der Waals surface area contributed by atoms with Crippen molar-refractivity contribution in [3.05, 3.63) is 51.5 Å². The monoisotopic (exact) mass is 282 g/mol. The maximum atomic E-state index is 13.3. The van der Waals surface area contributed by atoms with Gasteiger partial charge in [0.05, 0.1) is 16.3 Å². The van der Waals surface area contributed by atoms with Gasteiger partial charge in [-0.1, -0.05) is 0 Å². The molecule has 2 rings (SSSR count). The van der Waals surface area contributed by atoms with Gasteiger partial charge in [-0.05, 0) is 25.1 Å². The van der Waals surface area contributed by atoms with Gasteiger partial charge in [0.15, 0.2) is 0 Å². The summed E-state index contributed by atoms with van der Waals surface area (Å²) in [5.74, 6) is -1.99. The molecule has 1 aromatic heterocycles. The van der Waals surface area contributed by atoms with Gasteiger partial charge in [-0.15, -0.1) is 11.3 Å². The van der Waals surface area contributed by atoms with E-state index in [4.69, 9.17) is 0 Å². The highest BCUT2D eigenvalue weighted by atomic mass is 32.1. The molecule has 1 heterocycles. The molecule has 0 atom stereocenters. The zero-order valence-corrected chi connectivity index (χ0v) is 11.1. The Hall–Kier alpha value is -1.82. The fraction of sp³-hybridized carbons (Fsp3) is 0.231. The van der Waals surface area contributed by atoms with Crippen LogP contribution in [0, 0.1) is 18.6 Å². The molecule has 0 saturated carbocycles. The number of carbonyl (C=O) groups excluding carboxylic acids is 1. The number of thiazole rings is 1. The second kappa shape index (κ2) is 5.88. The Morgan fingerprint density at radius 3 is 2.89 bits per heavy atom. The van der Waals surface area contributed by atoms with Gasteiger partial charge in [0.25, 0.3) is 5.91 Å². The summed E-state index contributed by atoms with van der Waals surface area (Å²) in [6.45, 7) is 2.23. The number of rotatable bonds is 4. The minimum atomic E-state index is -0.733. The van der Waals surface area contributed by atoms with Crippen molar-refractivity contribution in [3.63, 3.8) is 0 Å². The van der Waals surface area contributed by atoms with Crippen LogP contribution in [0.15, 0.2) is 23.6 Å². The van der Waals surface area contributed by atoms with Crippen molar-refractivity contribution in [3.8, 4) is 0 Å². The molecule has 0 saturated heterocycles. The fourth-order valence-electron chi connectivity index (χ4n) is 1.59. The van der Waals surface area contributed by atoms with Gasteiger partial charge in [0.1, 0.15) is 11.6 Å². The van der Waals surface area contributed by atoms with Crippen molar-refractivity contribution >= 4 is 17.2 Å². The summed E-state index contributed by atoms with van der Waals surface area (Å²) in [6, 6.07) is 2.80. The normalized spacial score (nSPS) is 10.5. The molecule has 0 bridgehead atoms. The highest BCUT2D eigenvalue weighted by Gasteiger charge is 2.12. The van der Waals surface area contributed by atoms with E-state index in [1.165, 1.54) is 11.3 Å². The second-order valence-electron chi connectivity index (χ2n) is 3.99. The summed E-state index contributed by atoms with van der Waals surface area (Å²) in [7, 11) is 0. The zero-order chi connectivity index (χ0) is 13.8. The standard InChI is InChI=1S/C13H12F2N2OS/c1-8-17-10(7-19-8)4-5-16-13(18)11-6-9(14)2-3-12(11)15/h2-3,6-7H,4-5H2,1H3,(H,16,18). The maximum absolute atomic E-state index is 13.3. The average Bonchev–Trinajstić information content (AvgIpc) is 2.78. The van der Waals surface area contributed by atoms with Crippen molar-refractivity contribution in [1.82, 2.24) is 10.3 Å². The van der Waals surface area contributed by atoms with Crippen LogP contribution in [0.2, 0.25) is 0 Å². The second-order valence-corrected chi connectivity index (χ2v) is 5.05. The summed E-state index contributed by atoms with van der Waals surface area (Å²) in [5.41, 5.74) is 0.594. The summed E-state index contributed by atoms with van der Waals surface area (Å²) < 4.78 is 26.3. The van der Waals surface area contributed by atoms with E-state index >= 15 is 0 Å². The van der Waals surface area contributed by atoms with Crippen LogP contribution in [0.3, 0.4) is 0 Å². The number of aryl methyl sites for hydroxylation is 1. The molecule has 0 aliphatic carbocycles. The summed E-state index contributed by atoms with van der Waals surface area (Å²) in [5, 5.41) is 5.41. The highest BCUT2D eigenvalue weighted by Crippen LogP contribution is 2.10. The number of nitrogens with one attached hydrogen (secondary N) is 1. The Morgan fingerprint density at radius 2 is 2.21 bits per heavy atom. The lowest BCUT2D eigenvalue weighted by atomic mass is 10.2. The Balaban J connectivity index is 1.92. The Labute approximate surface area is 113 Å². The Morgan fingerprint density at radius 1 is 1.42 bits per heavy atom. The van der Waals surface area contributed by atoms with E-state index < -0.39 is 17.5 Å². The van der Waals surface area contributed by atoms with Gasteiger partial charge in [-0.2, -0.15) is 0 Å². The molecule has 6 heteroatoms. The minimum absolute atomic E-state index is 0.283. The fourth-order valence-corrected chi connectivity index (χ4v) is 2.24. The van der Waals surface area contributed by atoms with Gasteiger partial charge in [0.2, 0.25) is 0 Å². The van der Waals surface area contributed by atoms with E-state index in [0.717, 1.165) is 28.9 Å². The van der Waals surface area contributed by atoms with Gasteiger partial charge in [-0.25, -0.2) is 13.8 Å². The number of carbonyl (C=O) groups is 1. The first-order valence-electron chi connectivity index (χ1n) is 5.70. The molecule has 0 unspecified atom stereocenters. The molecule has 19 heavy (non-hydrogen) atoms. The quantitative estimate of drug-likeness (QED) is 0.937. The van der Waals surface area contributed by atoms with Crippen LogP contribution in [0.25, 0.3) is 0 Å². The number of nitrogens with zero attached hydrogens (tertiary/aromatic N) is 1. The van der Waals surface area contributed by atoms with Crippen molar-refractivity contribution in [2.75, 3.05) is 6.54 Å². The lowest BCUT2D eigenvalue weighted by molar-refractivity contribution is 0.0949. The lowest BCUT2D eigenvalue weighted by Gasteiger charge is -2.05. The number of benzene rings is 1. The molecule has 1 N–H and O–H groups in total. The van der Waals surface area contributed by atoms with Crippen LogP contribution in [-0.2, 0) is 6.42 Å². The van der Waals surface area contributed by atoms with E-state index in [9.17, 15) is 13.6 Å². The van der Waals surface area contributed by atoms with Gasteiger partial charge < -0.3 is 5.32 Å². The number of halogens is 2. The van der Waals surface area contributed by atoms with Crippen molar-refractivity contribution in [1.29, 1.82) is 0 Å². The van der Waals surface area contributed by atoms with E-state index in [-0.39, 0.29) is 5.56 Å². The molecule has 0 radical (unpaired) electrons. The van der Waals surface area contributed by atoms with Gasteiger partial charge in [-0.3, -0.25) is 4.79 Å². The molecule has 2 aromatic rings. The number of hydrogen-bond acceptors (Lipinski definition) is 3. The number of hydrogen-bond donors (Lipinski definition) is 1. The molecule has 3 nitrogen and oxygen atoms in total. The van der Waals surface area contributed by atoms with Crippen LogP contribution >= 0.6 is 11.3 Å². The molecule has 1 aromatic carbocycles. The predicted molar refractivity (Wildman–Crippen MR) is 69.2 cm³/mol. The van der Waals surface area contributed by atoms with Crippen LogP contribution in [0.4, 0.5) is 8.78 Å². The SMILES string of the molecule is Cc1nc(CCNC(=O)c2cc(F)ccc2F)cs1. The smallest absolute Gasteiger partial charge is 0.254 e. The minimum Gasteiger partial charge on any atom is -0.352 e. The maximum Gasteiger partial charge on any atom is 0.254 e. The van der Waals surface area contributed by atoms with E-state index in [1.807, 2.05) is 12.3 Å². The van der Waals surface area contributed by atoms with E-state index in [2.05, 4.69) is 10.3 Å². The van der Waals surface area contributed by atoms with Crippen LogP contribution in [0.1, 0.15) is 21.1 Å². The highest BCUT2D eigenvalue weighted by molar-refractivity contribution is 7.09. The molecule has 0 spiro atoms.